The molecular weight excluding hydrogens is 320 g/mol. The number of aryl methyl sites for hydroxylation is 1. The lowest BCUT2D eigenvalue weighted by molar-refractivity contribution is 0.601. The number of nitrogens with one attached hydrogen (secondary N) is 1. The summed E-state index contributed by atoms with van der Waals surface area (Å²) in [6, 6.07) is 10.2. The zero-order valence-electron chi connectivity index (χ0n) is 11.6. The predicted octanol–water partition coefficient (Wildman–Crippen LogP) is 2.71. The van der Waals surface area contributed by atoms with Crippen molar-refractivity contribution in [3.63, 3.8) is 0 Å². The van der Waals surface area contributed by atoms with Crippen molar-refractivity contribution in [3.8, 4) is 10.6 Å². The smallest absolute Gasteiger partial charge is 0.263 e. The highest BCUT2D eigenvalue weighted by Crippen LogP contribution is 2.27. The molecule has 1 aromatic carbocycles. The van der Waals surface area contributed by atoms with Gasteiger partial charge in [0.2, 0.25) is 5.13 Å². The molecule has 0 radical (unpaired) electrons. The van der Waals surface area contributed by atoms with Gasteiger partial charge in [0.15, 0.2) is 0 Å². The second kappa shape index (κ2) is 5.82. The first-order chi connectivity index (χ1) is 10.5. The van der Waals surface area contributed by atoms with Crippen LogP contribution in [0.1, 0.15) is 5.56 Å². The third kappa shape index (κ3) is 3.12. The summed E-state index contributed by atoms with van der Waals surface area (Å²) in [5.74, 6) is 0. The molecule has 0 saturated carbocycles. The van der Waals surface area contributed by atoms with Crippen LogP contribution < -0.4 is 4.72 Å². The highest BCUT2D eigenvalue weighted by atomic mass is 32.2. The molecule has 0 fully saturated rings. The first kappa shape index (κ1) is 14.6. The monoisotopic (exact) mass is 332 g/mol. The zero-order chi connectivity index (χ0) is 15.6. The lowest BCUT2D eigenvalue weighted by atomic mass is 10.2. The largest absolute Gasteiger partial charge is 0.265 e. The summed E-state index contributed by atoms with van der Waals surface area (Å²) in [7, 11) is -3.65. The van der Waals surface area contributed by atoms with Crippen LogP contribution in [0.5, 0.6) is 0 Å². The molecule has 0 unspecified atom stereocenters. The lowest BCUT2D eigenvalue weighted by Crippen LogP contribution is -2.12. The molecule has 3 aromatic rings. The summed E-state index contributed by atoms with van der Waals surface area (Å²) >= 11 is 1.17. The average Bonchev–Trinajstić information content (AvgIpc) is 2.96. The lowest BCUT2D eigenvalue weighted by Gasteiger charge is -2.04. The molecule has 8 heteroatoms. The molecule has 0 aliphatic carbocycles. The van der Waals surface area contributed by atoms with E-state index < -0.39 is 10.0 Å². The van der Waals surface area contributed by atoms with Gasteiger partial charge in [0.1, 0.15) is 5.01 Å². The summed E-state index contributed by atoms with van der Waals surface area (Å²) in [6.45, 7) is 1.90. The van der Waals surface area contributed by atoms with E-state index in [0.717, 1.165) is 11.1 Å². The van der Waals surface area contributed by atoms with Crippen molar-refractivity contribution in [2.75, 3.05) is 4.72 Å². The van der Waals surface area contributed by atoms with Gasteiger partial charge < -0.3 is 0 Å². The molecule has 22 heavy (non-hydrogen) atoms. The van der Waals surface area contributed by atoms with Crippen molar-refractivity contribution in [2.24, 2.45) is 0 Å². The summed E-state index contributed by atoms with van der Waals surface area (Å²) < 4.78 is 27.0. The Morgan fingerprint density at radius 1 is 1.00 bits per heavy atom. The minimum Gasteiger partial charge on any atom is -0.265 e. The van der Waals surface area contributed by atoms with Gasteiger partial charge in [-0.25, -0.2) is 8.42 Å². The van der Waals surface area contributed by atoms with Crippen LogP contribution in [0, 0.1) is 6.92 Å². The van der Waals surface area contributed by atoms with Gasteiger partial charge in [-0.3, -0.25) is 9.71 Å². The second-order valence-corrected chi connectivity index (χ2v) is 7.23. The Morgan fingerprint density at radius 3 is 2.36 bits per heavy atom. The van der Waals surface area contributed by atoms with Crippen LogP contribution in [0.25, 0.3) is 10.6 Å². The van der Waals surface area contributed by atoms with E-state index >= 15 is 0 Å². The van der Waals surface area contributed by atoms with Gasteiger partial charge in [-0.1, -0.05) is 29.0 Å². The maximum atomic E-state index is 12.3. The van der Waals surface area contributed by atoms with Gasteiger partial charge in [0, 0.05) is 18.0 Å². The fourth-order valence-corrected chi connectivity index (χ4v) is 3.75. The Morgan fingerprint density at radius 2 is 1.68 bits per heavy atom. The normalized spacial score (nSPS) is 11.3. The summed E-state index contributed by atoms with van der Waals surface area (Å²) in [5, 5.41) is 8.73. The number of aromatic nitrogens is 3. The molecular formula is C14H12N4O2S2. The fourth-order valence-electron chi connectivity index (χ4n) is 1.77. The van der Waals surface area contributed by atoms with E-state index in [4.69, 9.17) is 0 Å². The number of hydrogen-bond donors (Lipinski definition) is 1. The molecule has 2 heterocycles. The van der Waals surface area contributed by atoms with Crippen LogP contribution in [-0.4, -0.2) is 23.6 Å². The molecule has 3 rings (SSSR count). The van der Waals surface area contributed by atoms with E-state index in [1.54, 1.807) is 48.8 Å². The van der Waals surface area contributed by atoms with Crippen LogP contribution in [0.3, 0.4) is 0 Å². The van der Waals surface area contributed by atoms with Crippen molar-refractivity contribution in [1.29, 1.82) is 0 Å². The quantitative estimate of drug-likeness (QED) is 0.794. The minimum absolute atomic E-state index is 0.193. The van der Waals surface area contributed by atoms with Gasteiger partial charge >= 0.3 is 0 Å². The van der Waals surface area contributed by atoms with Gasteiger partial charge in [0.25, 0.3) is 10.0 Å². The van der Waals surface area contributed by atoms with E-state index in [9.17, 15) is 8.42 Å². The Bertz CT molecular complexity index is 875. The molecule has 112 valence electrons. The van der Waals surface area contributed by atoms with E-state index in [1.807, 2.05) is 6.92 Å². The summed E-state index contributed by atoms with van der Waals surface area (Å²) in [5.41, 5.74) is 1.84. The average molecular weight is 332 g/mol. The molecule has 0 aliphatic heterocycles. The molecule has 2 aromatic heterocycles. The third-order valence-electron chi connectivity index (χ3n) is 2.91. The first-order valence-electron chi connectivity index (χ1n) is 6.38. The van der Waals surface area contributed by atoms with Crippen LogP contribution in [0.15, 0.2) is 53.7 Å². The van der Waals surface area contributed by atoms with Gasteiger partial charge in [-0.05, 0) is 31.2 Å². The molecule has 0 spiro atoms. The molecule has 6 nitrogen and oxygen atoms in total. The van der Waals surface area contributed by atoms with E-state index in [-0.39, 0.29) is 10.0 Å². The Hall–Kier alpha value is -2.32. The van der Waals surface area contributed by atoms with Crippen molar-refractivity contribution in [2.45, 2.75) is 11.8 Å². The second-order valence-electron chi connectivity index (χ2n) is 4.57. The Labute approximate surface area is 131 Å². The van der Waals surface area contributed by atoms with Crippen LogP contribution >= 0.6 is 11.3 Å². The maximum Gasteiger partial charge on any atom is 0.263 e. The number of rotatable bonds is 4. The van der Waals surface area contributed by atoms with Crippen molar-refractivity contribution >= 4 is 26.5 Å². The molecule has 1 N–H and O–H groups in total. The molecule has 0 amide bonds. The first-order valence-corrected chi connectivity index (χ1v) is 8.68. The van der Waals surface area contributed by atoms with Crippen LogP contribution in [0.2, 0.25) is 0 Å². The van der Waals surface area contributed by atoms with Gasteiger partial charge in [0.05, 0.1) is 4.90 Å². The van der Waals surface area contributed by atoms with Gasteiger partial charge in [-0.15, -0.1) is 10.2 Å². The summed E-state index contributed by atoms with van der Waals surface area (Å²) in [4.78, 5) is 4.12. The number of hydrogen-bond acceptors (Lipinski definition) is 6. The van der Waals surface area contributed by atoms with E-state index in [1.165, 1.54) is 11.3 Å². The highest BCUT2D eigenvalue weighted by Gasteiger charge is 2.17. The molecule has 0 saturated heterocycles. The van der Waals surface area contributed by atoms with Crippen LogP contribution in [-0.2, 0) is 10.0 Å². The molecule has 0 aliphatic rings. The number of pyridine rings is 1. The standard InChI is InChI=1S/C14H12N4O2S2/c1-10-2-4-12(5-3-10)22(19,20)18-14-17-16-13(21-14)11-6-8-15-9-7-11/h2-9H,1H3,(H,17,18). The topological polar surface area (TPSA) is 84.8 Å². The SMILES string of the molecule is Cc1ccc(S(=O)(=O)Nc2nnc(-c3ccncc3)s2)cc1. The van der Waals surface area contributed by atoms with Crippen molar-refractivity contribution < 1.29 is 8.42 Å². The number of sulfonamides is 1. The number of benzene rings is 1. The van der Waals surface area contributed by atoms with Crippen molar-refractivity contribution in [3.05, 3.63) is 54.4 Å². The molecule has 0 atom stereocenters. The number of anilines is 1. The summed E-state index contributed by atoms with van der Waals surface area (Å²) in [6.07, 6.45) is 3.29. The van der Waals surface area contributed by atoms with Crippen LogP contribution in [0.4, 0.5) is 5.13 Å². The predicted molar refractivity (Wildman–Crippen MR) is 85.1 cm³/mol. The molecule has 0 bridgehead atoms. The van der Waals surface area contributed by atoms with Crippen molar-refractivity contribution in [1.82, 2.24) is 15.2 Å². The maximum absolute atomic E-state index is 12.3. The Balaban J connectivity index is 1.84. The highest BCUT2D eigenvalue weighted by molar-refractivity contribution is 7.93. The number of nitrogens with zero attached hydrogens (tertiary/aromatic N) is 3. The van der Waals surface area contributed by atoms with Gasteiger partial charge in [-0.2, -0.15) is 0 Å². The Kier molecular flexibility index (Phi) is 3.86. The fraction of sp³-hybridized carbons (Fsp3) is 0.0714. The van der Waals surface area contributed by atoms with E-state index in [2.05, 4.69) is 19.9 Å². The third-order valence-corrected chi connectivity index (χ3v) is 5.28. The van der Waals surface area contributed by atoms with E-state index in [0.29, 0.717) is 5.01 Å². The minimum atomic E-state index is -3.65. The zero-order valence-corrected chi connectivity index (χ0v) is 13.2.